The maximum Gasteiger partial charge on any atom is 0.374 e. The first kappa shape index (κ1) is 39.2. The summed E-state index contributed by atoms with van der Waals surface area (Å²) in [6.45, 7) is 6.29. The van der Waals surface area contributed by atoms with Crippen molar-refractivity contribution in [1.82, 2.24) is 0 Å². The molecule has 1 N–H and O–H groups in total. The van der Waals surface area contributed by atoms with Gasteiger partial charge in [0.25, 0.3) is 0 Å². The third-order valence-corrected chi connectivity index (χ3v) is 8.86. The molecule has 6 nitrogen and oxygen atoms in total. The first-order valence-corrected chi connectivity index (χ1v) is 18.4. The molecule has 0 heterocycles. The molecular weight excluding hydrogens is 567 g/mol. The summed E-state index contributed by atoms with van der Waals surface area (Å²) in [4.78, 5) is 12.6. The minimum absolute atomic E-state index is 0.0450. The van der Waals surface area contributed by atoms with E-state index in [2.05, 4.69) is 13.8 Å². The lowest BCUT2D eigenvalue weighted by molar-refractivity contribution is -0.259. The molecule has 0 saturated carbocycles. The fraction of sp³-hybridized carbons (Fsp3) is 0.794. The Labute approximate surface area is 263 Å². The molecule has 244 valence electrons. The standard InChI is InChI=1S/C34H61O6PS/c1-4-7-9-11-13-15-17-20-24-29(23-19-16-14-12-10-8-5-2)27-32(42)39-31(6-3)40-34(36,41-37)33(35)38-28-30-25-21-18-22-26-30/h18,21-22,25-26,29,31-32,36,42H,4-17,19-20,23-24,27-28,41H2,1-3H3. The van der Waals surface area contributed by atoms with E-state index in [9.17, 15) is 14.5 Å². The monoisotopic (exact) mass is 628 g/mol. The van der Waals surface area contributed by atoms with Gasteiger partial charge in [-0.3, -0.25) is 0 Å². The molecule has 0 aliphatic heterocycles. The molecular formula is C34H61O6PS. The lowest BCUT2D eigenvalue weighted by Gasteiger charge is -2.29. The number of benzene rings is 1. The lowest BCUT2D eigenvalue weighted by Crippen LogP contribution is -2.42. The van der Waals surface area contributed by atoms with Gasteiger partial charge in [-0.2, -0.15) is 0 Å². The normalized spacial score (nSPS) is 15.5. The summed E-state index contributed by atoms with van der Waals surface area (Å²) in [5.74, 6) is -0.568. The van der Waals surface area contributed by atoms with Crippen LogP contribution in [0.5, 0.6) is 0 Å². The Balaban J connectivity index is 2.59. The smallest absolute Gasteiger partial charge is 0.374 e. The third-order valence-electron chi connectivity index (χ3n) is 7.84. The highest BCUT2D eigenvalue weighted by atomic mass is 32.1. The zero-order chi connectivity index (χ0) is 30.9. The summed E-state index contributed by atoms with van der Waals surface area (Å²) in [5, 5.41) is 10.7. The summed E-state index contributed by atoms with van der Waals surface area (Å²) in [6.07, 6.45) is 22.0. The number of unbranched alkanes of at least 4 members (excludes halogenated alkanes) is 13. The number of hydrogen-bond donors (Lipinski definition) is 2. The number of ether oxygens (including phenoxy) is 3. The maximum absolute atomic E-state index is 12.6. The van der Waals surface area contributed by atoms with Crippen LogP contribution in [0, 0.1) is 5.92 Å². The predicted octanol–water partition coefficient (Wildman–Crippen LogP) is 9.84. The predicted molar refractivity (Wildman–Crippen MR) is 179 cm³/mol. The highest BCUT2D eigenvalue weighted by Gasteiger charge is 2.41. The second-order valence-electron chi connectivity index (χ2n) is 11.7. The minimum Gasteiger partial charge on any atom is -0.456 e. The average molecular weight is 629 g/mol. The van der Waals surface area contributed by atoms with Gasteiger partial charge < -0.3 is 23.9 Å². The van der Waals surface area contributed by atoms with Gasteiger partial charge in [0.15, 0.2) is 6.29 Å². The van der Waals surface area contributed by atoms with Crippen LogP contribution in [0.4, 0.5) is 0 Å². The molecule has 1 rings (SSSR count). The van der Waals surface area contributed by atoms with Gasteiger partial charge in [-0.15, -0.1) is 12.6 Å². The van der Waals surface area contributed by atoms with Crippen LogP contribution in [0.15, 0.2) is 30.3 Å². The van der Waals surface area contributed by atoms with Crippen molar-refractivity contribution in [3.63, 3.8) is 0 Å². The molecule has 1 aromatic rings. The van der Waals surface area contributed by atoms with Crippen LogP contribution in [0.2, 0.25) is 0 Å². The molecule has 0 aliphatic rings. The van der Waals surface area contributed by atoms with Crippen LogP contribution in [-0.2, 0) is 30.2 Å². The molecule has 5 atom stereocenters. The van der Waals surface area contributed by atoms with E-state index in [1.165, 1.54) is 96.3 Å². The lowest BCUT2D eigenvalue weighted by atomic mass is 9.91. The zero-order valence-electron chi connectivity index (χ0n) is 26.8. The van der Waals surface area contributed by atoms with Crippen LogP contribution in [0.1, 0.15) is 148 Å². The first-order valence-electron chi connectivity index (χ1n) is 16.8. The van der Waals surface area contributed by atoms with Gasteiger partial charge in [0, 0.05) is 0 Å². The molecule has 0 fully saturated rings. The number of esters is 1. The summed E-state index contributed by atoms with van der Waals surface area (Å²) in [6, 6.07) is 9.12. The van der Waals surface area contributed by atoms with Crippen LogP contribution in [0.25, 0.3) is 0 Å². The van der Waals surface area contributed by atoms with Crippen molar-refractivity contribution in [1.29, 1.82) is 0 Å². The Hall–Kier alpha value is -0.850. The fourth-order valence-corrected chi connectivity index (χ4v) is 6.03. The van der Waals surface area contributed by atoms with Crippen molar-refractivity contribution in [3.05, 3.63) is 35.9 Å². The Morgan fingerprint density at radius 1 is 0.833 bits per heavy atom. The maximum atomic E-state index is 12.6. The highest BCUT2D eigenvalue weighted by molar-refractivity contribution is 7.80. The second-order valence-corrected chi connectivity index (χ2v) is 13.3. The number of aliphatic hydroxyl groups is 1. The first-order chi connectivity index (χ1) is 20.4. The van der Waals surface area contributed by atoms with Gasteiger partial charge >= 0.3 is 11.5 Å². The van der Waals surface area contributed by atoms with Crippen LogP contribution in [-0.4, -0.2) is 28.3 Å². The zero-order valence-corrected chi connectivity index (χ0v) is 28.8. The largest absolute Gasteiger partial charge is 0.456 e. The quantitative estimate of drug-likeness (QED) is 0.0316. The molecule has 8 heteroatoms. The number of rotatable bonds is 28. The molecule has 0 bridgehead atoms. The number of carbonyl (C=O) groups is 1. The molecule has 0 spiro atoms. The molecule has 1 aromatic carbocycles. The Morgan fingerprint density at radius 2 is 1.33 bits per heavy atom. The topological polar surface area (TPSA) is 82.1 Å². The van der Waals surface area contributed by atoms with E-state index in [4.69, 9.17) is 26.8 Å². The SMILES string of the molecule is CCCCCCCCCCC(CCCCCCCCC)CC(S)OC(CC)OC(O)([PH2]=O)C(=O)OCc1ccccc1. The van der Waals surface area contributed by atoms with E-state index >= 15 is 0 Å². The van der Waals surface area contributed by atoms with Gasteiger partial charge in [-0.05, 0) is 24.3 Å². The van der Waals surface area contributed by atoms with E-state index < -0.39 is 31.7 Å². The second kappa shape index (κ2) is 25.5. The van der Waals surface area contributed by atoms with Crippen molar-refractivity contribution in [2.45, 2.75) is 167 Å². The van der Waals surface area contributed by atoms with Crippen molar-refractivity contribution in [2.75, 3.05) is 0 Å². The van der Waals surface area contributed by atoms with Gasteiger partial charge in [-0.1, -0.05) is 160 Å². The van der Waals surface area contributed by atoms with Gasteiger partial charge in [0.05, 0.1) is 0 Å². The van der Waals surface area contributed by atoms with Crippen LogP contribution >= 0.6 is 21.1 Å². The summed E-state index contributed by atoms with van der Waals surface area (Å²) in [7, 11) is -2.01. The van der Waals surface area contributed by atoms with E-state index in [-0.39, 0.29) is 6.61 Å². The highest BCUT2D eigenvalue weighted by Crippen LogP contribution is 2.30. The summed E-state index contributed by atoms with van der Waals surface area (Å²) in [5.41, 5.74) is -2.18. The van der Waals surface area contributed by atoms with Gasteiger partial charge in [0.2, 0.25) is 0 Å². The Bertz CT molecular complexity index is 797. The molecule has 0 saturated heterocycles. The molecule has 5 unspecified atom stereocenters. The Kier molecular flexibility index (Phi) is 23.8. The Morgan fingerprint density at radius 3 is 1.81 bits per heavy atom. The van der Waals surface area contributed by atoms with Crippen molar-refractivity contribution in [3.8, 4) is 0 Å². The number of hydrogen-bond acceptors (Lipinski definition) is 7. The number of thiol groups is 1. The third kappa shape index (κ3) is 18.7. The van der Waals surface area contributed by atoms with E-state index in [1.54, 1.807) is 12.1 Å². The van der Waals surface area contributed by atoms with Crippen LogP contribution in [0.3, 0.4) is 0 Å². The van der Waals surface area contributed by atoms with Crippen molar-refractivity contribution < 1.29 is 28.7 Å². The van der Waals surface area contributed by atoms with Gasteiger partial charge in [-0.25, -0.2) is 4.79 Å². The van der Waals surface area contributed by atoms with Crippen molar-refractivity contribution in [2.24, 2.45) is 5.92 Å². The van der Waals surface area contributed by atoms with Gasteiger partial charge in [0.1, 0.15) is 20.5 Å². The molecule has 0 radical (unpaired) electrons. The molecule has 0 amide bonds. The number of carbonyl (C=O) groups excluding carboxylic acids is 1. The minimum atomic E-state index is -2.53. The van der Waals surface area contributed by atoms with Crippen molar-refractivity contribution >= 4 is 27.1 Å². The van der Waals surface area contributed by atoms with E-state index in [0.29, 0.717) is 12.3 Å². The van der Waals surface area contributed by atoms with E-state index in [1.807, 2.05) is 25.1 Å². The molecule has 0 aromatic heterocycles. The summed E-state index contributed by atoms with van der Waals surface area (Å²) >= 11 is 4.72. The van der Waals surface area contributed by atoms with E-state index in [0.717, 1.165) is 24.8 Å². The fourth-order valence-electron chi connectivity index (χ4n) is 5.21. The molecule has 0 aliphatic carbocycles. The average Bonchev–Trinajstić information content (AvgIpc) is 3.00. The summed E-state index contributed by atoms with van der Waals surface area (Å²) < 4.78 is 28.8. The van der Waals surface area contributed by atoms with Crippen LogP contribution < -0.4 is 0 Å². The molecule has 42 heavy (non-hydrogen) atoms.